The van der Waals surface area contributed by atoms with Gasteiger partial charge >= 0.3 is 0 Å². The Morgan fingerprint density at radius 1 is 1.21 bits per heavy atom. The summed E-state index contributed by atoms with van der Waals surface area (Å²) < 4.78 is 14.2. The Balaban J connectivity index is 2.36. The monoisotopic (exact) mass is 342 g/mol. The number of benzene rings is 2. The summed E-state index contributed by atoms with van der Waals surface area (Å²) in [7, 11) is 0. The van der Waals surface area contributed by atoms with Gasteiger partial charge in [-0.3, -0.25) is 0 Å². The van der Waals surface area contributed by atoms with Gasteiger partial charge in [0.2, 0.25) is 0 Å². The summed E-state index contributed by atoms with van der Waals surface area (Å²) in [6.45, 7) is 1.69. The van der Waals surface area contributed by atoms with Gasteiger partial charge in [0.15, 0.2) is 0 Å². The fourth-order valence-electron chi connectivity index (χ4n) is 2.05. The maximum Gasteiger partial charge on any atom is 0.142 e. The summed E-state index contributed by atoms with van der Waals surface area (Å²) in [4.78, 5) is 0. The Hall–Kier alpha value is -0.900. The zero-order valence-electron chi connectivity index (χ0n) is 10.3. The molecular weight excluding hydrogens is 331 g/mol. The van der Waals surface area contributed by atoms with Crippen LogP contribution >= 0.6 is 27.5 Å². The average molecular weight is 344 g/mol. The molecule has 0 heterocycles. The van der Waals surface area contributed by atoms with Crippen molar-refractivity contribution in [2.45, 2.75) is 18.9 Å². The molecule has 19 heavy (non-hydrogen) atoms. The van der Waals surface area contributed by atoms with Crippen molar-refractivity contribution >= 4 is 27.5 Å². The normalized spacial score (nSPS) is 14.2. The second-order valence-corrected chi connectivity index (χ2v) is 5.88. The van der Waals surface area contributed by atoms with Crippen molar-refractivity contribution < 1.29 is 9.50 Å². The van der Waals surface area contributed by atoms with Crippen molar-refractivity contribution in [3.63, 3.8) is 0 Å². The Labute approximate surface area is 125 Å². The van der Waals surface area contributed by atoms with Crippen LogP contribution in [0.25, 0.3) is 0 Å². The second-order valence-electron chi connectivity index (χ2n) is 4.64. The Morgan fingerprint density at radius 2 is 1.89 bits per heavy atom. The number of rotatable bonds is 3. The molecule has 1 nitrogen and oxygen atoms in total. The van der Waals surface area contributed by atoms with Gasteiger partial charge < -0.3 is 5.11 Å². The topological polar surface area (TPSA) is 20.2 Å². The lowest BCUT2D eigenvalue weighted by molar-refractivity contribution is 0.0568. The summed E-state index contributed by atoms with van der Waals surface area (Å²) in [6, 6.07) is 12.0. The largest absolute Gasteiger partial charge is 0.385 e. The molecule has 0 amide bonds. The van der Waals surface area contributed by atoms with Gasteiger partial charge in [0.05, 0.1) is 10.6 Å². The van der Waals surface area contributed by atoms with Crippen LogP contribution in [0.4, 0.5) is 4.39 Å². The SMILES string of the molecule is CC(O)(Cc1cccc(F)c1Cl)c1ccccc1Br. The summed E-state index contributed by atoms with van der Waals surface area (Å²) in [5, 5.41) is 10.7. The van der Waals surface area contributed by atoms with E-state index in [1.54, 1.807) is 19.1 Å². The highest BCUT2D eigenvalue weighted by molar-refractivity contribution is 9.10. The minimum Gasteiger partial charge on any atom is -0.385 e. The molecule has 100 valence electrons. The van der Waals surface area contributed by atoms with E-state index in [2.05, 4.69) is 15.9 Å². The van der Waals surface area contributed by atoms with Crippen LogP contribution in [0.15, 0.2) is 46.9 Å². The van der Waals surface area contributed by atoms with Gasteiger partial charge in [-0.05, 0) is 30.2 Å². The smallest absolute Gasteiger partial charge is 0.142 e. The van der Waals surface area contributed by atoms with Crippen LogP contribution < -0.4 is 0 Å². The van der Waals surface area contributed by atoms with Crippen molar-refractivity contribution in [3.05, 3.63) is 68.9 Å². The highest BCUT2D eigenvalue weighted by Gasteiger charge is 2.27. The van der Waals surface area contributed by atoms with E-state index in [-0.39, 0.29) is 11.4 Å². The molecule has 0 radical (unpaired) electrons. The molecule has 2 aromatic rings. The number of halogens is 3. The summed E-state index contributed by atoms with van der Waals surface area (Å²) in [5.41, 5.74) is 0.204. The minimum absolute atomic E-state index is 0.0647. The molecule has 0 aromatic heterocycles. The minimum atomic E-state index is -1.13. The van der Waals surface area contributed by atoms with Crippen molar-refractivity contribution in [1.29, 1.82) is 0 Å². The molecule has 1 atom stereocenters. The molecule has 0 aliphatic heterocycles. The van der Waals surface area contributed by atoms with Crippen LogP contribution in [0.1, 0.15) is 18.1 Å². The highest BCUT2D eigenvalue weighted by atomic mass is 79.9. The van der Waals surface area contributed by atoms with E-state index in [0.717, 1.165) is 10.0 Å². The molecule has 1 N–H and O–H groups in total. The predicted octanol–water partition coefficient (Wildman–Crippen LogP) is 4.69. The van der Waals surface area contributed by atoms with Crippen molar-refractivity contribution in [3.8, 4) is 0 Å². The highest BCUT2D eigenvalue weighted by Crippen LogP contribution is 2.33. The second kappa shape index (κ2) is 5.61. The third-order valence-electron chi connectivity index (χ3n) is 3.02. The van der Waals surface area contributed by atoms with Crippen LogP contribution in [0.2, 0.25) is 5.02 Å². The fourth-order valence-corrected chi connectivity index (χ4v) is 2.95. The van der Waals surface area contributed by atoms with Crippen molar-refractivity contribution in [2.75, 3.05) is 0 Å². The van der Waals surface area contributed by atoms with E-state index in [9.17, 15) is 9.50 Å². The fraction of sp³-hybridized carbons (Fsp3) is 0.200. The van der Waals surface area contributed by atoms with Crippen LogP contribution in [0, 0.1) is 5.82 Å². The number of hydrogen-bond donors (Lipinski definition) is 1. The maximum absolute atomic E-state index is 13.4. The molecule has 0 bridgehead atoms. The van der Waals surface area contributed by atoms with Crippen LogP contribution in [0.3, 0.4) is 0 Å². The standard InChI is InChI=1S/C15H13BrClFO/c1-15(19,11-6-2-3-7-12(11)16)9-10-5-4-8-13(18)14(10)17/h2-8,19H,9H2,1H3. The summed E-state index contributed by atoms with van der Waals surface area (Å²) >= 11 is 9.34. The average Bonchev–Trinajstić information content (AvgIpc) is 2.35. The van der Waals surface area contributed by atoms with Gasteiger partial charge in [-0.25, -0.2) is 4.39 Å². The summed E-state index contributed by atoms with van der Waals surface area (Å²) in [6.07, 6.45) is 0.242. The van der Waals surface area contributed by atoms with E-state index in [0.29, 0.717) is 5.56 Å². The first-order valence-electron chi connectivity index (χ1n) is 5.82. The zero-order chi connectivity index (χ0) is 14.0. The van der Waals surface area contributed by atoms with E-state index in [4.69, 9.17) is 11.6 Å². The van der Waals surface area contributed by atoms with Gasteiger partial charge in [0.1, 0.15) is 5.82 Å². The molecule has 1 unspecified atom stereocenters. The van der Waals surface area contributed by atoms with Crippen molar-refractivity contribution in [2.24, 2.45) is 0 Å². The van der Waals surface area contributed by atoms with E-state index in [1.807, 2.05) is 24.3 Å². The molecule has 0 saturated heterocycles. The van der Waals surface area contributed by atoms with Gasteiger partial charge in [-0.15, -0.1) is 0 Å². The van der Waals surface area contributed by atoms with Gasteiger partial charge in [-0.1, -0.05) is 57.9 Å². The molecule has 2 rings (SSSR count). The summed E-state index contributed by atoms with van der Waals surface area (Å²) in [5.74, 6) is -0.470. The first kappa shape index (κ1) is 14.5. The number of hydrogen-bond acceptors (Lipinski definition) is 1. The predicted molar refractivity (Wildman–Crippen MR) is 78.8 cm³/mol. The molecule has 0 saturated carbocycles. The molecule has 2 aromatic carbocycles. The van der Waals surface area contributed by atoms with E-state index in [1.165, 1.54) is 6.07 Å². The van der Waals surface area contributed by atoms with Crippen LogP contribution in [0.5, 0.6) is 0 Å². The third-order valence-corrected chi connectivity index (χ3v) is 4.14. The third kappa shape index (κ3) is 3.16. The molecule has 0 spiro atoms. The lowest BCUT2D eigenvalue weighted by atomic mass is 9.89. The first-order chi connectivity index (χ1) is 8.92. The zero-order valence-corrected chi connectivity index (χ0v) is 12.7. The molecule has 0 fully saturated rings. The molecule has 0 aliphatic rings. The van der Waals surface area contributed by atoms with Crippen molar-refractivity contribution in [1.82, 2.24) is 0 Å². The number of aliphatic hydroxyl groups is 1. The first-order valence-corrected chi connectivity index (χ1v) is 6.99. The Morgan fingerprint density at radius 3 is 2.58 bits per heavy atom. The Bertz CT molecular complexity index is 598. The maximum atomic E-state index is 13.4. The van der Waals surface area contributed by atoms with E-state index < -0.39 is 11.4 Å². The lowest BCUT2D eigenvalue weighted by Crippen LogP contribution is -2.25. The van der Waals surface area contributed by atoms with Gasteiger partial charge in [0, 0.05) is 10.9 Å². The van der Waals surface area contributed by atoms with Gasteiger partial charge in [0.25, 0.3) is 0 Å². The lowest BCUT2D eigenvalue weighted by Gasteiger charge is -2.25. The Kier molecular flexibility index (Phi) is 4.29. The molecule has 4 heteroatoms. The quantitative estimate of drug-likeness (QED) is 0.857. The van der Waals surface area contributed by atoms with E-state index >= 15 is 0 Å². The molecular formula is C15H13BrClFO. The van der Waals surface area contributed by atoms with Crippen LogP contribution in [-0.4, -0.2) is 5.11 Å². The van der Waals surface area contributed by atoms with Gasteiger partial charge in [-0.2, -0.15) is 0 Å². The van der Waals surface area contributed by atoms with Crippen LogP contribution in [-0.2, 0) is 12.0 Å². The molecule has 0 aliphatic carbocycles.